The molecular formula is C19H27N5O. The molecule has 25 heavy (non-hydrogen) atoms. The number of amides is 1. The third-order valence-electron chi connectivity index (χ3n) is 3.87. The Morgan fingerprint density at radius 1 is 1.08 bits per heavy atom. The van der Waals surface area contributed by atoms with Crippen LogP contribution in [0.15, 0.2) is 30.3 Å². The van der Waals surface area contributed by atoms with Crippen LogP contribution in [0.5, 0.6) is 0 Å². The Labute approximate surface area is 149 Å². The van der Waals surface area contributed by atoms with Crippen molar-refractivity contribution in [3.8, 4) is 0 Å². The molecule has 2 N–H and O–H groups in total. The van der Waals surface area contributed by atoms with Gasteiger partial charge in [0.2, 0.25) is 5.95 Å². The predicted octanol–water partition coefficient (Wildman–Crippen LogP) is 3.51. The van der Waals surface area contributed by atoms with Crippen LogP contribution in [-0.4, -0.2) is 35.5 Å². The molecule has 6 nitrogen and oxygen atoms in total. The third-order valence-corrected chi connectivity index (χ3v) is 3.87. The number of anilines is 3. The zero-order valence-corrected chi connectivity index (χ0v) is 15.5. The van der Waals surface area contributed by atoms with E-state index in [0.29, 0.717) is 18.2 Å². The highest BCUT2D eigenvalue weighted by Crippen LogP contribution is 2.20. The van der Waals surface area contributed by atoms with Crippen molar-refractivity contribution in [3.05, 3.63) is 41.7 Å². The molecule has 2 aromatic rings. The molecule has 0 bridgehead atoms. The average Bonchev–Trinajstić information content (AvgIpc) is 2.61. The first-order chi connectivity index (χ1) is 12.1. The van der Waals surface area contributed by atoms with Crippen molar-refractivity contribution in [1.29, 1.82) is 0 Å². The summed E-state index contributed by atoms with van der Waals surface area (Å²) in [5.41, 5.74) is 3.20. The molecule has 0 atom stereocenters. The number of carbonyl (C=O) groups excluding carboxylic acids is 1. The molecule has 0 saturated carbocycles. The van der Waals surface area contributed by atoms with Crippen LogP contribution in [0.3, 0.4) is 0 Å². The molecule has 0 fully saturated rings. The smallest absolute Gasteiger partial charge is 0.270 e. The summed E-state index contributed by atoms with van der Waals surface area (Å²) in [6.45, 7) is 10.7. The highest BCUT2D eigenvalue weighted by atomic mass is 16.1. The second kappa shape index (κ2) is 9.01. The molecular weight excluding hydrogens is 314 g/mol. The van der Waals surface area contributed by atoms with Gasteiger partial charge in [0.1, 0.15) is 5.69 Å². The van der Waals surface area contributed by atoms with Crippen LogP contribution in [0, 0.1) is 6.92 Å². The SMILES string of the molecule is CCCNC(=O)c1cc(C)nc(Nc2ccc(N(CC)CC)cc2)n1. The zero-order chi connectivity index (χ0) is 18.2. The van der Waals surface area contributed by atoms with Crippen molar-refractivity contribution in [2.75, 3.05) is 29.9 Å². The highest BCUT2D eigenvalue weighted by Gasteiger charge is 2.10. The molecule has 134 valence electrons. The maximum absolute atomic E-state index is 12.1. The van der Waals surface area contributed by atoms with Gasteiger partial charge in [0.15, 0.2) is 0 Å². The molecule has 2 rings (SSSR count). The highest BCUT2D eigenvalue weighted by molar-refractivity contribution is 5.92. The van der Waals surface area contributed by atoms with E-state index < -0.39 is 0 Å². The molecule has 0 radical (unpaired) electrons. The molecule has 0 aliphatic rings. The third kappa shape index (κ3) is 5.17. The van der Waals surface area contributed by atoms with Crippen LogP contribution >= 0.6 is 0 Å². The van der Waals surface area contributed by atoms with Crippen LogP contribution in [0.2, 0.25) is 0 Å². The number of benzene rings is 1. The number of carbonyl (C=O) groups is 1. The predicted molar refractivity (Wildman–Crippen MR) is 103 cm³/mol. The molecule has 0 saturated heterocycles. The fraction of sp³-hybridized carbons (Fsp3) is 0.421. The number of nitrogens with zero attached hydrogens (tertiary/aromatic N) is 3. The summed E-state index contributed by atoms with van der Waals surface area (Å²) in [5.74, 6) is 0.254. The van der Waals surface area contributed by atoms with Crippen molar-refractivity contribution in [3.63, 3.8) is 0 Å². The van der Waals surface area contributed by atoms with Gasteiger partial charge in [-0.3, -0.25) is 4.79 Å². The van der Waals surface area contributed by atoms with Crippen molar-refractivity contribution < 1.29 is 4.79 Å². The standard InChI is InChI=1S/C19H27N5O/c1-5-12-20-18(25)17-13-14(4)21-19(23-17)22-15-8-10-16(11-9-15)24(6-2)7-3/h8-11,13H,5-7,12H2,1-4H3,(H,20,25)(H,21,22,23). The van der Waals surface area contributed by atoms with Gasteiger partial charge in [0.05, 0.1) is 0 Å². The zero-order valence-electron chi connectivity index (χ0n) is 15.5. The van der Waals surface area contributed by atoms with Crippen LogP contribution < -0.4 is 15.5 Å². The second-order valence-electron chi connectivity index (χ2n) is 5.82. The van der Waals surface area contributed by atoms with E-state index in [9.17, 15) is 4.79 Å². The maximum atomic E-state index is 12.1. The Hall–Kier alpha value is -2.63. The van der Waals surface area contributed by atoms with Gasteiger partial charge in [-0.1, -0.05) is 6.92 Å². The van der Waals surface area contributed by atoms with E-state index in [-0.39, 0.29) is 5.91 Å². The van der Waals surface area contributed by atoms with Crippen molar-refractivity contribution in [1.82, 2.24) is 15.3 Å². The summed E-state index contributed by atoms with van der Waals surface area (Å²) in [5, 5.41) is 6.01. The Morgan fingerprint density at radius 2 is 1.76 bits per heavy atom. The van der Waals surface area contributed by atoms with Crippen LogP contribution in [0.1, 0.15) is 43.4 Å². The van der Waals surface area contributed by atoms with Gasteiger partial charge < -0.3 is 15.5 Å². The molecule has 6 heteroatoms. The van der Waals surface area contributed by atoms with E-state index in [1.54, 1.807) is 6.07 Å². The lowest BCUT2D eigenvalue weighted by Crippen LogP contribution is -2.25. The first-order valence-corrected chi connectivity index (χ1v) is 8.83. The van der Waals surface area contributed by atoms with Gasteiger partial charge in [-0.05, 0) is 57.5 Å². The number of rotatable bonds is 8. The minimum absolute atomic E-state index is 0.174. The quantitative estimate of drug-likeness (QED) is 0.769. The second-order valence-corrected chi connectivity index (χ2v) is 5.82. The minimum atomic E-state index is -0.174. The lowest BCUT2D eigenvalue weighted by molar-refractivity contribution is 0.0948. The first-order valence-electron chi connectivity index (χ1n) is 8.83. The van der Waals surface area contributed by atoms with Gasteiger partial charge in [0, 0.05) is 36.7 Å². The molecule has 1 heterocycles. The molecule has 0 spiro atoms. The summed E-state index contributed by atoms with van der Waals surface area (Å²) in [6, 6.07) is 9.83. The lowest BCUT2D eigenvalue weighted by Gasteiger charge is -2.21. The molecule has 1 aromatic carbocycles. The lowest BCUT2D eigenvalue weighted by atomic mass is 10.2. The van der Waals surface area contributed by atoms with Crippen molar-refractivity contribution in [2.45, 2.75) is 34.1 Å². The topological polar surface area (TPSA) is 70.2 Å². The summed E-state index contributed by atoms with van der Waals surface area (Å²) in [4.78, 5) is 23.1. The minimum Gasteiger partial charge on any atom is -0.372 e. The fourth-order valence-electron chi connectivity index (χ4n) is 2.54. The van der Waals surface area contributed by atoms with Gasteiger partial charge in [-0.25, -0.2) is 9.97 Å². The molecule has 1 aromatic heterocycles. The molecule has 0 aliphatic heterocycles. The van der Waals surface area contributed by atoms with Gasteiger partial charge in [0.25, 0.3) is 5.91 Å². The van der Waals surface area contributed by atoms with Crippen LogP contribution in [0.25, 0.3) is 0 Å². The molecule has 1 amide bonds. The number of hydrogen-bond acceptors (Lipinski definition) is 5. The Balaban J connectivity index is 2.14. The van der Waals surface area contributed by atoms with Crippen LogP contribution in [-0.2, 0) is 0 Å². The summed E-state index contributed by atoms with van der Waals surface area (Å²) < 4.78 is 0. The Morgan fingerprint density at radius 3 is 2.36 bits per heavy atom. The molecule has 0 unspecified atom stereocenters. The van der Waals surface area contributed by atoms with E-state index >= 15 is 0 Å². The number of aryl methyl sites for hydroxylation is 1. The van der Waals surface area contributed by atoms with E-state index in [0.717, 1.165) is 30.9 Å². The van der Waals surface area contributed by atoms with E-state index in [2.05, 4.69) is 51.5 Å². The van der Waals surface area contributed by atoms with Crippen molar-refractivity contribution in [2.24, 2.45) is 0 Å². The maximum Gasteiger partial charge on any atom is 0.270 e. The van der Waals surface area contributed by atoms with Crippen molar-refractivity contribution >= 4 is 23.2 Å². The Bertz CT molecular complexity index is 695. The summed E-state index contributed by atoms with van der Waals surface area (Å²) in [6.07, 6.45) is 0.889. The molecule has 0 aliphatic carbocycles. The number of nitrogens with one attached hydrogen (secondary N) is 2. The largest absolute Gasteiger partial charge is 0.372 e. The van der Waals surface area contributed by atoms with Gasteiger partial charge in [-0.2, -0.15) is 0 Å². The fourth-order valence-corrected chi connectivity index (χ4v) is 2.54. The van der Waals surface area contributed by atoms with Crippen LogP contribution in [0.4, 0.5) is 17.3 Å². The first kappa shape index (κ1) is 18.7. The number of hydrogen-bond donors (Lipinski definition) is 2. The van der Waals surface area contributed by atoms with Gasteiger partial charge in [-0.15, -0.1) is 0 Å². The summed E-state index contributed by atoms with van der Waals surface area (Å²) >= 11 is 0. The van der Waals surface area contributed by atoms with E-state index in [1.165, 1.54) is 5.69 Å². The normalized spacial score (nSPS) is 10.4. The van der Waals surface area contributed by atoms with E-state index in [4.69, 9.17) is 0 Å². The van der Waals surface area contributed by atoms with Gasteiger partial charge >= 0.3 is 0 Å². The average molecular weight is 341 g/mol. The number of aromatic nitrogens is 2. The van der Waals surface area contributed by atoms with E-state index in [1.807, 2.05) is 26.0 Å². The monoisotopic (exact) mass is 341 g/mol. The Kier molecular flexibility index (Phi) is 6.74. The summed E-state index contributed by atoms with van der Waals surface area (Å²) in [7, 11) is 0.